The van der Waals surface area contributed by atoms with Crippen LogP contribution in [-0.2, 0) is 19.3 Å². The summed E-state index contributed by atoms with van der Waals surface area (Å²) < 4.78 is 41.8. The van der Waals surface area contributed by atoms with Gasteiger partial charge in [-0.25, -0.2) is 13.2 Å². The van der Waals surface area contributed by atoms with E-state index >= 15 is 0 Å². The minimum Gasteiger partial charge on any atom is -0.261 e. The second-order valence-electron chi connectivity index (χ2n) is 8.48. The Labute approximate surface area is 198 Å². The molecule has 0 bridgehead atoms. The van der Waals surface area contributed by atoms with Crippen molar-refractivity contribution in [3.63, 3.8) is 0 Å². The second-order valence-corrected chi connectivity index (χ2v) is 8.48. The minimum absolute atomic E-state index is 0.196. The Kier molecular flexibility index (Phi) is 7.65. The summed E-state index contributed by atoms with van der Waals surface area (Å²) in [6.07, 6.45) is 8.07. The van der Waals surface area contributed by atoms with E-state index in [0.29, 0.717) is 22.9 Å². The monoisotopic (exact) mass is 457 g/mol. The summed E-state index contributed by atoms with van der Waals surface area (Å²) in [6.45, 7) is 2.20. The number of aryl methyl sites for hydroxylation is 3. The summed E-state index contributed by atoms with van der Waals surface area (Å²) in [7, 11) is 0. The van der Waals surface area contributed by atoms with Crippen molar-refractivity contribution in [2.45, 2.75) is 45.4 Å². The first kappa shape index (κ1) is 23.6. The van der Waals surface area contributed by atoms with E-state index in [1.54, 1.807) is 18.2 Å². The highest BCUT2D eigenvalue weighted by atomic mass is 19.2. The molecule has 34 heavy (non-hydrogen) atoms. The summed E-state index contributed by atoms with van der Waals surface area (Å²) in [5, 5.41) is 0.742. The predicted octanol–water partition coefficient (Wildman–Crippen LogP) is 7.57. The van der Waals surface area contributed by atoms with Crippen LogP contribution < -0.4 is 0 Å². The van der Waals surface area contributed by atoms with Gasteiger partial charge in [0.25, 0.3) is 0 Å². The number of benzene rings is 3. The molecule has 3 aromatic carbocycles. The maximum atomic E-state index is 14.6. The second kappa shape index (κ2) is 11.0. The number of fused-ring (bicyclic) bond motifs is 1. The molecule has 1 aromatic heterocycles. The number of rotatable bonds is 7. The molecule has 0 aliphatic rings. The summed E-state index contributed by atoms with van der Waals surface area (Å²) in [4.78, 5) is 4.55. The molecule has 0 fully saturated rings. The molecule has 1 heterocycles. The number of nitrogens with zero attached hydrogens (tertiary/aromatic N) is 1. The van der Waals surface area contributed by atoms with Crippen LogP contribution >= 0.6 is 0 Å². The highest BCUT2D eigenvalue weighted by Gasteiger charge is 2.07. The van der Waals surface area contributed by atoms with Crippen molar-refractivity contribution >= 4 is 10.8 Å². The van der Waals surface area contributed by atoms with Gasteiger partial charge in [0.1, 0.15) is 5.82 Å². The first-order valence-electron chi connectivity index (χ1n) is 11.7. The van der Waals surface area contributed by atoms with E-state index < -0.39 is 11.6 Å². The third-order valence-corrected chi connectivity index (χ3v) is 5.91. The van der Waals surface area contributed by atoms with Gasteiger partial charge >= 0.3 is 0 Å². The van der Waals surface area contributed by atoms with Crippen LogP contribution in [0.2, 0.25) is 0 Å². The van der Waals surface area contributed by atoms with Crippen molar-refractivity contribution in [1.82, 2.24) is 4.98 Å². The van der Waals surface area contributed by atoms with Gasteiger partial charge in [-0.2, -0.15) is 0 Å². The Morgan fingerprint density at radius 3 is 2.35 bits per heavy atom. The summed E-state index contributed by atoms with van der Waals surface area (Å²) in [5.41, 5.74) is 4.04. The number of hydrogen-bond donors (Lipinski definition) is 0. The van der Waals surface area contributed by atoms with Gasteiger partial charge in [0.15, 0.2) is 11.6 Å². The van der Waals surface area contributed by atoms with Crippen molar-refractivity contribution in [3.05, 3.63) is 112 Å². The zero-order valence-corrected chi connectivity index (χ0v) is 19.2. The number of pyridine rings is 1. The number of aromatic nitrogens is 1. The summed E-state index contributed by atoms with van der Waals surface area (Å²) in [5.74, 6) is 3.62. The molecule has 0 aliphatic carbocycles. The third kappa shape index (κ3) is 5.85. The maximum absolute atomic E-state index is 14.6. The molecule has 0 N–H and O–H groups in total. The van der Waals surface area contributed by atoms with Crippen LogP contribution in [0, 0.1) is 29.3 Å². The zero-order chi connectivity index (χ0) is 23.9. The molecule has 4 aromatic rings. The lowest BCUT2D eigenvalue weighted by Gasteiger charge is -2.05. The molecule has 1 nitrogen and oxygen atoms in total. The van der Waals surface area contributed by atoms with Crippen LogP contribution in [0.4, 0.5) is 13.2 Å². The van der Waals surface area contributed by atoms with Gasteiger partial charge in [-0.15, -0.1) is 0 Å². The molecule has 4 heteroatoms. The van der Waals surface area contributed by atoms with E-state index in [1.807, 2.05) is 12.3 Å². The Balaban J connectivity index is 1.40. The van der Waals surface area contributed by atoms with Gasteiger partial charge in [0, 0.05) is 22.8 Å². The standard InChI is InChI=1S/C30H26F3N/c1-2-3-4-5-23-9-15-26(34-20-23)14-8-22-7-12-24(29(32)19-22)11-6-21-10-16-27-25(18-21)13-17-28(31)30(27)33/h7,9-10,12-13,15-20H,2-5,8,14H2,1H3. The van der Waals surface area contributed by atoms with E-state index in [-0.39, 0.29) is 11.2 Å². The van der Waals surface area contributed by atoms with Crippen LogP contribution in [-0.4, -0.2) is 4.98 Å². The third-order valence-electron chi connectivity index (χ3n) is 5.91. The largest absolute Gasteiger partial charge is 0.261 e. The van der Waals surface area contributed by atoms with Crippen molar-refractivity contribution in [1.29, 1.82) is 0 Å². The molecular weight excluding hydrogens is 431 g/mol. The highest BCUT2D eigenvalue weighted by Crippen LogP contribution is 2.21. The Morgan fingerprint density at radius 2 is 1.59 bits per heavy atom. The van der Waals surface area contributed by atoms with E-state index in [2.05, 4.69) is 35.9 Å². The SMILES string of the molecule is CCCCCc1ccc(CCc2ccc(C#Cc3ccc4c(F)c(F)ccc4c3)c(F)c2)nc1. The summed E-state index contributed by atoms with van der Waals surface area (Å²) in [6, 6.07) is 16.6. The van der Waals surface area contributed by atoms with Gasteiger partial charge in [-0.1, -0.05) is 55.9 Å². The topological polar surface area (TPSA) is 12.9 Å². The average molecular weight is 458 g/mol. The first-order valence-corrected chi connectivity index (χ1v) is 11.7. The number of hydrogen-bond acceptors (Lipinski definition) is 1. The zero-order valence-electron chi connectivity index (χ0n) is 19.2. The van der Waals surface area contributed by atoms with Gasteiger partial charge in [0.05, 0.1) is 5.56 Å². The fraction of sp³-hybridized carbons (Fsp3) is 0.233. The molecule has 4 rings (SSSR count). The highest BCUT2D eigenvalue weighted by molar-refractivity contribution is 5.84. The Bertz CT molecular complexity index is 1350. The van der Waals surface area contributed by atoms with Crippen molar-refractivity contribution in [2.75, 3.05) is 0 Å². The van der Waals surface area contributed by atoms with Crippen LogP contribution in [0.25, 0.3) is 10.8 Å². The predicted molar refractivity (Wildman–Crippen MR) is 131 cm³/mol. The molecule has 0 amide bonds. The van der Waals surface area contributed by atoms with E-state index in [9.17, 15) is 13.2 Å². The fourth-order valence-electron chi connectivity index (χ4n) is 3.90. The van der Waals surface area contributed by atoms with Crippen LogP contribution in [0.5, 0.6) is 0 Å². The van der Waals surface area contributed by atoms with Gasteiger partial charge in [0.2, 0.25) is 0 Å². The maximum Gasteiger partial charge on any atom is 0.166 e. The van der Waals surface area contributed by atoms with Crippen LogP contribution in [0.15, 0.2) is 66.9 Å². The quantitative estimate of drug-likeness (QED) is 0.206. The van der Waals surface area contributed by atoms with Crippen LogP contribution in [0.1, 0.15) is 54.1 Å². The number of halogens is 3. The van der Waals surface area contributed by atoms with E-state index in [0.717, 1.165) is 30.2 Å². The van der Waals surface area contributed by atoms with E-state index in [4.69, 9.17) is 0 Å². The van der Waals surface area contributed by atoms with Crippen LogP contribution in [0.3, 0.4) is 0 Å². The molecule has 0 spiro atoms. The molecule has 0 saturated heterocycles. The molecule has 0 unspecified atom stereocenters. The Hall–Kier alpha value is -3.58. The van der Waals surface area contributed by atoms with E-state index in [1.165, 1.54) is 43.0 Å². The minimum atomic E-state index is -0.885. The average Bonchev–Trinajstić information content (AvgIpc) is 2.85. The van der Waals surface area contributed by atoms with Gasteiger partial charge < -0.3 is 0 Å². The molecule has 0 saturated carbocycles. The van der Waals surface area contributed by atoms with Gasteiger partial charge in [-0.3, -0.25) is 4.98 Å². The van der Waals surface area contributed by atoms with Gasteiger partial charge in [-0.05, 0) is 78.6 Å². The fourth-order valence-corrected chi connectivity index (χ4v) is 3.90. The summed E-state index contributed by atoms with van der Waals surface area (Å²) >= 11 is 0. The smallest absolute Gasteiger partial charge is 0.166 e. The van der Waals surface area contributed by atoms with Crippen molar-refractivity contribution < 1.29 is 13.2 Å². The molecule has 172 valence electrons. The van der Waals surface area contributed by atoms with Crippen molar-refractivity contribution in [3.8, 4) is 11.8 Å². The molecule has 0 radical (unpaired) electrons. The Morgan fingerprint density at radius 1 is 0.735 bits per heavy atom. The lowest BCUT2D eigenvalue weighted by molar-refractivity contribution is 0.517. The lowest BCUT2D eigenvalue weighted by Crippen LogP contribution is -1.97. The normalized spacial score (nSPS) is 10.8. The van der Waals surface area contributed by atoms with Crippen molar-refractivity contribution in [2.24, 2.45) is 0 Å². The molecule has 0 atom stereocenters. The first-order chi connectivity index (χ1) is 16.5. The molecule has 0 aliphatic heterocycles. The number of unbranched alkanes of at least 4 members (excludes halogenated alkanes) is 2. The molecular formula is C30H26F3N. The lowest BCUT2D eigenvalue weighted by atomic mass is 10.0.